The first kappa shape index (κ1) is 25.6. The van der Waals surface area contributed by atoms with E-state index in [2.05, 4.69) is 96.1 Å². The zero-order chi connectivity index (χ0) is 23.7. The number of hydrogen-bond acceptors (Lipinski definition) is 4. The van der Waals surface area contributed by atoms with Crippen molar-refractivity contribution in [1.29, 1.82) is 0 Å². The minimum Gasteiger partial charge on any atom is -1.00 e. The van der Waals surface area contributed by atoms with Gasteiger partial charge >= 0.3 is 0 Å². The van der Waals surface area contributed by atoms with Crippen molar-refractivity contribution in [3.8, 4) is 0 Å². The maximum Gasteiger partial charge on any atom is 0.269 e. The Kier molecular flexibility index (Phi) is 8.09. The number of aryl methyl sites for hydroxylation is 1. The molecule has 35 heavy (non-hydrogen) atoms. The Morgan fingerprint density at radius 3 is 2.46 bits per heavy atom. The van der Waals surface area contributed by atoms with E-state index in [4.69, 9.17) is 0 Å². The maximum atomic E-state index is 13.2. The fraction of sp³-hybridized carbons (Fsp3) is 0.214. The Bertz CT molecular complexity index is 1610. The first-order chi connectivity index (χ1) is 16.6. The van der Waals surface area contributed by atoms with Gasteiger partial charge in [-0.2, -0.15) is 4.57 Å². The molecule has 0 aliphatic carbocycles. The first-order valence-corrected chi connectivity index (χ1v) is 13.4. The number of rotatable bonds is 5. The lowest BCUT2D eigenvalue weighted by Gasteiger charge is -2.29. The topological polar surface area (TPSA) is 29.1 Å². The molecule has 0 saturated heterocycles. The van der Waals surface area contributed by atoms with Crippen molar-refractivity contribution >= 4 is 56.8 Å². The number of thiazole rings is 2. The van der Waals surface area contributed by atoms with Crippen LogP contribution in [-0.4, -0.2) is 11.1 Å². The summed E-state index contributed by atoms with van der Waals surface area (Å²) >= 11 is 3.33. The molecule has 0 fully saturated rings. The van der Waals surface area contributed by atoms with Gasteiger partial charge in [0.15, 0.2) is 0 Å². The number of para-hydroxylation sites is 2. The van der Waals surface area contributed by atoms with E-state index in [1.54, 1.807) is 22.7 Å². The molecule has 7 heteroatoms. The highest BCUT2D eigenvalue weighted by Crippen LogP contribution is 2.30. The van der Waals surface area contributed by atoms with Crippen LogP contribution < -0.4 is 48.2 Å². The lowest BCUT2D eigenvalue weighted by Crippen LogP contribution is -3.00. The highest BCUT2D eigenvalue weighted by atomic mass is 127. The first-order valence-electron chi connectivity index (χ1n) is 11.7. The van der Waals surface area contributed by atoms with Gasteiger partial charge in [-0.1, -0.05) is 47.7 Å². The van der Waals surface area contributed by atoms with Gasteiger partial charge in [-0.05, 0) is 56.7 Å². The van der Waals surface area contributed by atoms with Crippen molar-refractivity contribution in [1.82, 2.24) is 4.57 Å². The Morgan fingerprint density at radius 1 is 0.914 bits per heavy atom. The number of allylic oxidation sites excluding steroid dienone is 2. The summed E-state index contributed by atoms with van der Waals surface area (Å²) in [5.41, 5.74) is 4.82. The molecule has 4 nitrogen and oxygen atoms in total. The predicted octanol–water partition coefficient (Wildman–Crippen LogP) is 1.50. The number of fused-ring (bicyclic) bond motifs is 2. The third-order valence-electron chi connectivity index (χ3n) is 6.15. The molecule has 0 N–H and O–H groups in total. The van der Waals surface area contributed by atoms with E-state index in [1.165, 1.54) is 26.5 Å². The highest BCUT2D eigenvalue weighted by Gasteiger charge is 2.18. The van der Waals surface area contributed by atoms with Gasteiger partial charge in [0, 0.05) is 30.5 Å². The molecule has 0 spiro atoms. The van der Waals surface area contributed by atoms with Crippen LogP contribution in [-0.2, 0) is 13.1 Å². The van der Waals surface area contributed by atoms with Crippen LogP contribution in [0.5, 0.6) is 0 Å². The molecule has 0 atom stereocenters. The number of halogens is 1. The molecule has 2 aromatic carbocycles. The zero-order valence-corrected chi connectivity index (χ0v) is 23.9. The van der Waals surface area contributed by atoms with E-state index in [0.717, 1.165) is 28.0 Å². The predicted molar refractivity (Wildman–Crippen MR) is 146 cm³/mol. The lowest BCUT2D eigenvalue weighted by atomic mass is 10.1. The molecular formula is C28H28IN3OS2. The van der Waals surface area contributed by atoms with Crippen LogP contribution in [0.3, 0.4) is 0 Å². The van der Waals surface area contributed by atoms with Crippen molar-refractivity contribution in [3.05, 3.63) is 96.5 Å². The average molecular weight is 614 g/mol. The lowest BCUT2D eigenvalue weighted by molar-refractivity contribution is -0.665. The van der Waals surface area contributed by atoms with Gasteiger partial charge in [-0.3, -0.25) is 9.36 Å². The van der Waals surface area contributed by atoms with Crippen molar-refractivity contribution in [2.24, 2.45) is 0 Å². The standard InChI is InChI=1S/C28H28N3OS2.HI/c1-4-29-21(16-15-20-11-7-8-12-22(20)29)17-18-25-28(32)31(6-3)27(34-25)19-26-30(5-2)23-13-9-10-14-24(23)33-26;/h7-19H,4-6H2,1-3H3;1H/q+1;/p-1. The summed E-state index contributed by atoms with van der Waals surface area (Å²) in [6.07, 6.45) is 10.5. The molecule has 2 aromatic heterocycles. The molecular weight excluding hydrogens is 585 g/mol. The van der Waals surface area contributed by atoms with E-state index in [0.29, 0.717) is 6.54 Å². The molecule has 0 saturated carbocycles. The van der Waals surface area contributed by atoms with Gasteiger partial charge in [-0.25, -0.2) is 0 Å². The van der Waals surface area contributed by atoms with Crippen LogP contribution in [0.15, 0.2) is 71.2 Å². The number of anilines is 1. The van der Waals surface area contributed by atoms with Crippen LogP contribution in [0.25, 0.3) is 28.4 Å². The number of benzene rings is 2. The quantitative estimate of drug-likeness (QED) is 0.253. The summed E-state index contributed by atoms with van der Waals surface area (Å²) in [5, 5.41) is 1.17. The summed E-state index contributed by atoms with van der Waals surface area (Å²) in [4.78, 5) is 15.5. The monoisotopic (exact) mass is 613 g/mol. The van der Waals surface area contributed by atoms with Crippen molar-refractivity contribution < 1.29 is 28.5 Å². The zero-order valence-electron chi connectivity index (χ0n) is 20.1. The van der Waals surface area contributed by atoms with Crippen LogP contribution in [0.1, 0.15) is 31.3 Å². The highest BCUT2D eigenvalue weighted by molar-refractivity contribution is 7.19. The Morgan fingerprint density at radius 2 is 1.69 bits per heavy atom. The van der Waals surface area contributed by atoms with Crippen LogP contribution >= 0.6 is 22.7 Å². The van der Waals surface area contributed by atoms with Gasteiger partial charge in [0.2, 0.25) is 5.52 Å². The van der Waals surface area contributed by atoms with Crippen LogP contribution in [0.4, 0.5) is 5.69 Å². The second-order valence-electron chi connectivity index (χ2n) is 8.05. The molecule has 0 radical (unpaired) electrons. The molecule has 1 aliphatic rings. The van der Waals surface area contributed by atoms with Gasteiger partial charge in [0.1, 0.15) is 15.9 Å². The van der Waals surface area contributed by atoms with Crippen molar-refractivity contribution in [2.45, 2.75) is 33.9 Å². The van der Waals surface area contributed by atoms with E-state index < -0.39 is 0 Å². The summed E-state index contributed by atoms with van der Waals surface area (Å²) < 4.78 is 7.20. The number of likely N-dealkylation sites (N-methyl/N-ethyl adjacent to an activating group) is 1. The van der Waals surface area contributed by atoms with Crippen LogP contribution in [0, 0.1) is 0 Å². The third-order valence-corrected chi connectivity index (χ3v) is 8.34. The molecule has 0 amide bonds. The molecule has 3 heterocycles. The molecule has 4 aromatic rings. The van der Waals surface area contributed by atoms with E-state index in [9.17, 15) is 4.79 Å². The van der Waals surface area contributed by atoms with Crippen LogP contribution in [0.2, 0.25) is 0 Å². The summed E-state index contributed by atoms with van der Waals surface area (Å²) in [7, 11) is 0. The third kappa shape index (κ3) is 4.81. The van der Waals surface area contributed by atoms with Gasteiger partial charge in [-0.15, -0.1) is 11.3 Å². The number of hydrogen-bond donors (Lipinski definition) is 0. The fourth-order valence-corrected chi connectivity index (χ4v) is 6.78. The smallest absolute Gasteiger partial charge is 0.269 e. The fourth-order valence-electron chi connectivity index (χ4n) is 4.49. The second-order valence-corrected chi connectivity index (χ2v) is 10.2. The summed E-state index contributed by atoms with van der Waals surface area (Å²) in [6, 6.07) is 16.9. The van der Waals surface area contributed by atoms with E-state index in [-0.39, 0.29) is 29.5 Å². The summed E-state index contributed by atoms with van der Waals surface area (Å²) in [6.45, 7) is 8.76. The molecule has 1 aliphatic heterocycles. The number of aromatic nitrogens is 2. The minimum atomic E-state index is 0. The molecule has 0 unspecified atom stereocenters. The largest absolute Gasteiger partial charge is 1.00 e. The average Bonchev–Trinajstić information content (AvgIpc) is 3.37. The molecule has 0 bridgehead atoms. The maximum absolute atomic E-state index is 13.2. The van der Waals surface area contributed by atoms with Gasteiger partial charge in [0.25, 0.3) is 10.6 Å². The number of nitrogens with zero attached hydrogens (tertiary/aromatic N) is 3. The normalized spacial score (nSPS) is 15.2. The Hall–Kier alpha value is -2.49. The molecule has 5 rings (SSSR count). The van der Waals surface area contributed by atoms with E-state index >= 15 is 0 Å². The minimum absolute atomic E-state index is 0. The van der Waals surface area contributed by atoms with Crippen molar-refractivity contribution in [2.75, 3.05) is 11.4 Å². The SMILES string of the molecule is CCN1C(=CC=c2sc(=Cc3sc4ccccc4[n+]3CC)n(CC)c2=O)C=Cc2ccccc21.[I-]. The van der Waals surface area contributed by atoms with Gasteiger partial charge < -0.3 is 28.9 Å². The Labute approximate surface area is 230 Å². The van der Waals surface area contributed by atoms with E-state index in [1.807, 2.05) is 17.6 Å². The van der Waals surface area contributed by atoms with Crippen molar-refractivity contribution in [3.63, 3.8) is 0 Å². The second kappa shape index (κ2) is 11.1. The summed E-state index contributed by atoms with van der Waals surface area (Å²) in [5.74, 6) is 0. The van der Waals surface area contributed by atoms with Gasteiger partial charge in [0.05, 0.1) is 10.6 Å². The molecule has 180 valence electrons. The Balaban J connectivity index is 0.00000289.